The lowest BCUT2D eigenvalue weighted by Crippen LogP contribution is -2.33. The molecule has 0 aromatic heterocycles. The highest BCUT2D eigenvalue weighted by Gasteiger charge is 2.27. The van der Waals surface area contributed by atoms with Crippen molar-refractivity contribution >= 4 is 11.8 Å². The molecule has 6 heteroatoms. The topological polar surface area (TPSA) is 80.4 Å². The lowest BCUT2D eigenvalue weighted by atomic mass is 9.85. The zero-order valence-electron chi connectivity index (χ0n) is 8.32. The third-order valence-electron chi connectivity index (χ3n) is 2.39. The van der Waals surface area contributed by atoms with E-state index in [0.717, 1.165) is 0 Å². The number of rotatable bonds is 3. The Hall–Kier alpha value is -1.56. The van der Waals surface area contributed by atoms with Crippen molar-refractivity contribution in [2.24, 2.45) is 11.7 Å². The van der Waals surface area contributed by atoms with Crippen LogP contribution in [0.2, 0.25) is 0 Å². The number of halogens is 2. The molecule has 0 spiro atoms. The maximum absolute atomic E-state index is 12.5. The van der Waals surface area contributed by atoms with E-state index in [1.165, 1.54) is 12.2 Å². The molecule has 2 atom stereocenters. The van der Waals surface area contributed by atoms with Crippen LogP contribution in [-0.4, -0.2) is 22.9 Å². The van der Waals surface area contributed by atoms with Gasteiger partial charge in [-0.1, -0.05) is 6.08 Å². The van der Waals surface area contributed by atoms with Crippen molar-refractivity contribution in [3.63, 3.8) is 0 Å². The minimum absolute atomic E-state index is 0.133. The Bertz CT molecular complexity index is 372. The molecule has 0 bridgehead atoms. The highest BCUT2D eigenvalue weighted by Crippen LogP contribution is 2.29. The van der Waals surface area contributed by atoms with Crippen molar-refractivity contribution in [3.05, 3.63) is 23.8 Å². The maximum Gasteiger partial charge on any atom is 0.320 e. The van der Waals surface area contributed by atoms with Crippen LogP contribution in [0.5, 0.6) is 0 Å². The summed E-state index contributed by atoms with van der Waals surface area (Å²) in [5.41, 5.74) is 4.93. The quantitative estimate of drug-likeness (QED) is 0.761. The third-order valence-corrected chi connectivity index (χ3v) is 2.39. The Labute approximate surface area is 90.4 Å². The summed E-state index contributed by atoms with van der Waals surface area (Å²) < 4.78 is 25.0. The monoisotopic (exact) mass is 231 g/mol. The summed E-state index contributed by atoms with van der Waals surface area (Å²) in [7, 11) is 0. The van der Waals surface area contributed by atoms with Gasteiger partial charge in [-0.25, -0.2) is 0 Å². The van der Waals surface area contributed by atoms with Gasteiger partial charge in [0.25, 0.3) is 6.08 Å². The van der Waals surface area contributed by atoms with Gasteiger partial charge >= 0.3 is 5.97 Å². The average Bonchev–Trinajstić information content (AvgIpc) is 2.20. The molecular weight excluding hydrogens is 220 g/mol. The van der Waals surface area contributed by atoms with E-state index in [0.29, 0.717) is 0 Å². The van der Waals surface area contributed by atoms with Gasteiger partial charge in [-0.3, -0.25) is 9.59 Å². The molecule has 0 aromatic rings. The van der Waals surface area contributed by atoms with Gasteiger partial charge in [0.05, 0.1) is 0 Å². The number of allylic oxidation sites excluding steroid dienone is 3. The fourth-order valence-corrected chi connectivity index (χ4v) is 1.52. The first-order valence-corrected chi connectivity index (χ1v) is 4.65. The molecule has 1 aliphatic rings. The van der Waals surface area contributed by atoms with Gasteiger partial charge < -0.3 is 10.8 Å². The Morgan fingerprint density at radius 2 is 2.25 bits per heavy atom. The Morgan fingerprint density at radius 1 is 1.62 bits per heavy atom. The number of aliphatic carboxylic acids is 1. The lowest BCUT2D eigenvalue weighted by molar-refractivity contribution is -0.138. The number of hydrogen-bond donors (Lipinski definition) is 2. The summed E-state index contributed by atoms with van der Waals surface area (Å²) in [5.74, 6) is -2.43. The van der Waals surface area contributed by atoms with Crippen LogP contribution in [0.4, 0.5) is 8.78 Å². The molecule has 0 radical (unpaired) electrons. The van der Waals surface area contributed by atoms with E-state index in [1.807, 2.05) is 0 Å². The van der Waals surface area contributed by atoms with E-state index in [2.05, 4.69) is 0 Å². The number of nitrogens with two attached hydrogens (primary N) is 1. The summed E-state index contributed by atoms with van der Waals surface area (Å²) in [6, 6.07) is -1.21. The largest absolute Gasteiger partial charge is 0.480 e. The molecule has 3 N–H and O–H groups in total. The highest BCUT2D eigenvalue weighted by atomic mass is 19.3. The summed E-state index contributed by atoms with van der Waals surface area (Å²) in [6.07, 6.45) is 0.0384. The smallest absolute Gasteiger partial charge is 0.320 e. The van der Waals surface area contributed by atoms with Crippen LogP contribution in [0.25, 0.3) is 0 Å². The average molecular weight is 231 g/mol. The molecule has 0 fully saturated rings. The lowest BCUT2D eigenvalue weighted by Gasteiger charge is -2.20. The normalized spacial score (nSPS) is 22.1. The molecule has 1 rings (SSSR count). The fourth-order valence-electron chi connectivity index (χ4n) is 1.52. The SMILES string of the molecule is N[C@@H](CC1C=CC(=O)CC1=C(F)F)C(=O)O. The first kappa shape index (κ1) is 12.5. The molecule has 0 aliphatic heterocycles. The van der Waals surface area contributed by atoms with E-state index < -0.39 is 29.8 Å². The molecular formula is C10H11F2NO3. The van der Waals surface area contributed by atoms with E-state index in [9.17, 15) is 18.4 Å². The molecule has 1 unspecified atom stereocenters. The maximum atomic E-state index is 12.5. The second kappa shape index (κ2) is 4.98. The van der Waals surface area contributed by atoms with Crippen LogP contribution >= 0.6 is 0 Å². The highest BCUT2D eigenvalue weighted by molar-refractivity contribution is 5.93. The minimum atomic E-state index is -1.93. The summed E-state index contributed by atoms with van der Waals surface area (Å²) in [4.78, 5) is 21.4. The molecule has 0 aromatic carbocycles. The number of carbonyl (C=O) groups excluding carboxylic acids is 1. The Morgan fingerprint density at radius 3 is 2.75 bits per heavy atom. The van der Waals surface area contributed by atoms with E-state index >= 15 is 0 Å². The zero-order chi connectivity index (χ0) is 12.3. The number of carboxylic acids is 1. The van der Waals surface area contributed by atoms with Gasteiger partial charge in [-0.2, -0.15) is 8.78 Å². The number of hydrogen-bond acceptors (Lipinski definition) is 3. The Balaban J connectivity index is 2.85. The van der Waals surface area contributed by atoms with Gasteiger partial charge in [-0.15, -0.1) is 0 Å². The first-order valence-electron chi connectivity index (χ1n) is 4.65. The van der Waals surface area contributed by atoms with E-state index in [-0.39, 0.29) is 18.4 Å². The fraction of sp³-hybridized carbons (Fsp3) is 0.400. The summed E-state index contributed by atoms with van der Waals surface area (Å²) in [5, 5.41) is 8.57. The van der Waals surface area contributed by atoms with Crippen molar-refractivity contribution in [2.45, 2.75) is 18.9 Å². The first-order chi connectivity index (χ1) is 7.41. The van der Waals surface area contributed by atoms with Crippen LogP contribution in [0, 0.1) is 5.92 Å². The molecule has 0 amide bonds. The minimum Gasteiger partial charge on any atom is -0.480 e. The van der Waals surface area contributed by atoms with Gasteiger partial charge in [0.1, 0.15) is 6.04 Å². The summed E-state index contributed by atoms with van der Waals surface area (Å²) in [6.45, 7) is 0. The Kier molecular flexibility index (Phi) is 3.89. The predicted octanol–water partition coefficient (Wildman–Crippen LogP) is 1.08. The predicted molar refractivity (Wildman–Crippen MR) is 51.7 cm³/mol. The molecule has 16 heavy (non-hydrogen) atoms. The van der Waals surface area contributed by atoms with Crippen LogP contribution in [0.15, 0.2) is 23.8 Å². The van der Waals surface area contributed by atoms with Crippen LogP contribution in [-0.2, 0) is 9.59 Å². The number of ketones is 1. The van der Waals surface area contributed by atoms with E-state index in [4.69, 9.17) is 10.8 Å². The number of carbonyl (C=O) groups is 2. The van der Waals surface area contributed by atoms with Crippen molar-refractivity contribution in [3.8, 4) is 0 Å². The molecule has 4 nitrogen and oxygen atoms in total. The standard InChI is InChI=1S/C10H11F2NO3/c11-9(12)7-4-6(14)2-1-5(7)3-8(13)10(15)16/h1-2,5,8H,3-4,13H2,(H,15,16)/t5?,8-/m0/s1. The van der Waals surface area contributed by atoms with Crippen molar-refractivity contribution in [1.29, 1.82) is 0 Å². The van der Waals surface area contributed by atoms with Crippen molar-refractivity contribution in [1.82, 2.24) is 0 Å². The van der Waals surface area contributed by atoms with Crippen molar-refractivity contribution in [2.75, 3.05) is 0 Å². The van der Waals surface area contributed by atoms with Crippen LogP contribution in [0.3, 0.4) is 0 Å². The van der Waals surface area contributed by atoms with Crippen LogP contribution < -0.4 is 5.73 Å². The zero-order valence-corrected chi connectivity index (χ0v) is 8.32. The van der Waals surface area contributed by atoms with Gasteiger partial charge in [0.15, 0.2) is 5.78 Å². The van der Waals surface area contributed by atoms with Gasteiger partial charge in [0, 0.05) is 17.9 Å². The van der Waals surface area contributed by atoms with Gasteiger partial charge in [0.2, 0.25) is 0 Å². The molecule has 0 heterocycles. The molecule has 1 aliphatic carbocycles. The van der Waals surface area contributed by atoms with Crippen LogP contribution in [0.1, 0.15) is 12.8 Å². The molecule has 88 valence electrons. The second-order valence-electron chi connectivity index (χ2n) is 3.57. The molecule has 0 saturated carbocycles. The van der Waals surface area contributed by atoms with Gasteiger partial charge in [-0.05, 0) is 12.5 Å². The third kappa shape index (κ3) is 2.96. The second-order valence-corrected chi connectivity index (χ2v) is 3.57. The summed E-state index contributed by atoms with van der Waals surface area (Å²) >= 11 is 0. The van der Waals surface area contributed by atoms with E-state index in [1.54, 1.807) is 0 Å². The van der Waals surface area contributed by atoms with Crippen molar-refractivity contribution < 1.29 is 23.5 Å². The number of carboxylic acid groups (broad SMARTS) is 1. The molecule has 0 saturated heterocycles.